The largest absolute Gasteiger partial charge is 0.391 e. The number of nitriles is 1. The Labute approximate surface area is 215 Å². The summed E-state index contributed by atoms with van der Waals surface area (Å²) < 4.78 is 0. The highest BCUT2D eigenvalue weighted by molar-refractivity contribution is 5.95. The predicted molar refractivity (Wildman–Crippen MR) is 139 cm³/mol. The molecule has 2 N–H and O–H groups in total. The molecule has 1 aromatic carbocycles. The minimum Gasteiger partial charge on any atom is -0.391 e. The van der Waals surface area contributed by atoms with Crippen LogP contribution in [0, 0.1) is 11.3 Å². The molecule has 9 heteroatoms. The molecule has 5 rings (SSSR count). The van der Waals surface area contributed by atoms with Gasteiger partial charge in [0.2, 0.25) is 5.91 Å². The van der Waals surface area contributed by atoms with Crippen molar-refractivity contribution in [1.29, 1.82) is 5.26 Å². The highest BCUT2D eigenvalue weighted by Crippen LogP contribution is 2.41. The van der Waals surface area contributed by atoms with Crippen molar-refractivity contribution in [3.63, 3.8) is 0 Å². The standard InChI is InChI=1S/C28H28N6O3/c1-17-11-25(32-27-8-3-19(13-29)14-31-27)23-12-20(5-7-26(23)34(17)18(2)35)21-4-6-24(30-15-21)28(37)33-10-9-22(36)16-33/h3-8,12,14-15,17,22,25,36H,9-11,16H2,1-2H3,(H,31,32)/t17-,22?,25+/m0/s1. The van der Waals surface area contributed by atoms with Gasteiger partial charge in [0.25, 0.3) is 5.91 Å². The molecule has 0 radical (unpaired) electrons. The second-order valence-electron chi connectivity index (χ2n) is 9.61. The molecule has 2 aliphatic heterocycles. The van der Waals surface area contributed by atoms with Gasteiger partial charge >= 0.3 is 0 Å². The van der Waals surface area contributed by atoms with Crippen LogP contribution >= 0.6 is 0 Å². The minimum absolute atomic E-state index is 0.0113. The molecular formula is C28H28N6O3. The molecule has 3 aromatic rings. The number of aliphatic hydroxyl groups is 1. The molecule has 9 nitrogen and oxygen atoms in total. The molecule has 0 saturated carbocycles. The second kappa shape index (κ2) is 9.99. The van der Waals surface area contributed by atoms with Crippen LogP contribution in [0.5, 0.6) is 0 Å². The number of amides is 2. The van der Waals surface area contributed by atoms with Crippen molar-refractivity contribution in [3.8, 4) is 17.2 Å². The Hall–Kier alpha value is -4.29. The van der Waals surface area contributed by atoms with Crippen LogP contribution in [0.4, 0.5) is 11.5 Å². The summed E-state index contributed by atoms with van der Waals surface area (Å²) >= 11 is 0. The fourth-order valence-corrected chi connectivity index (χ4v) is 5.16. The molecule has 0 spiro atoms. The molecule has 1 fully saturated rings. The summed E-state index contributed by atoms with van der Waals surface area (Å²) in [5, 5.41) is 22.3. The number of nitrogens with zero attached hydrogens (tertiary/aromatic N) is 5. The Bertz CT molecular complexity index is 1370. The quantitative estimate of drug-likeness (QED) is 0.567. The fourth-order valence-electron chi connectivity index (χ4n) is 5.16. The number of anilines is 2. The molecule has 0 bridgehead atoms. The number of β-amino-alcohol motifs (C(OH)–C–C–N with tert-alkyl or cyclic N) is 1. The number of hydrogen-bond acceptors (Lipinski definition) is 7. The van der Waals surface area contributed by atoms with E-state index in [9.17, 15) is 14.7 Å². The Balaban J connectivity index is 1.45. The second-order valence-corrected chi connectivity index (χ2v) is 9.61. The van der Waals surface area contributed by atoms with E-state index in [4.69, 9.17) is 5.26 Å². The van der Waals surface area contributed by atoms with Crippen molar-refractivity contribution in [2.24, 2.45) is 0 Å². The van der Waals surface area contributed by atoms with E-state index >= 15 is 0 Å². The molecule has 4 heterocycles. The van der Waals surface area contributed by atoms with E-state index in [2.05, 4.69) is 21.4 Å². The Morgan fingerprint density at radius 3 is 2.54 bits per heavy atom. The zero-order valence-electron chi connectivity index (χ0n) is 20.8. The van der Waals surface area contributed by atoms with Crippen molar-refractivity contribution in [1.82, 2.24) is 14.9 Å². The van der Waals surface area contributed by atoms with Crippen LogP contribution in [0.15, 0.2) is 54.9 Å². The first kappa shape index (κ1) is 24.4. The van der Waals surface area contributed by atoms with Crippen LogP contribution in [-0.2, 0) is 4.79 Å². The summed E-state index contributed by atoms with van der Waals surface area (Å²) in [5.41, 5.74) is 4.40. The first-order valence-electron chi connectivity index (χ1n) is 12.3. The van der Waals surface area contributed by atoms with E-state index in [-0.39, 0.29) is 23.9 Å². The number of carbonyl (C=O) groups excluding carboxylic acids is 2. The number of benzene rings is 1. The third-order valence-corrected chi connectivity index (χ3v) is 7.00. The van der Waals surface area contributed by atoms with Gasteiger partial charge in [-0.05, 0) is 61.2 Å². The Kier molecular flexibility index (Phi) is 6.59. The predicted octanol–water partition coefficient (Wildman–Crippen LogP) is 3.52. The summed E-state index contributed by atoms with van der Waals surface area (Å²) in [7, 11) is 0. The number of likely N-dealkylation sites (tertiary alicyclic amines) is 1. The van der Waals surface area contributed by atoms with Crippen molar-refractivity contribution in [2.45, 2.75) is 44.9 Å². The lowest BCUT2D eigenvalue weighted by molar-refractivity contribution is -0.117. The van der Waals surface area contributed by atoms with Crippen LogP contribution in [0.2, 0.25) is 0 Å². The molecule has 2 amide bonds. The first-order valence-corrected chi connectivity index (χ1v) is 12.3. The lowest BCUT2D eigenvalue weighted by atomic mass is 9.89. The van der Waals surface area contributed by atoms with Crippen LogP contribution in [0.3, 0.4) is 0 Å². The zero-order chi connectivity index (χ0) is 26.1. The van der Waals surface area contributed by atoms with Gasteiger partial charge in [-0.2, -0.15) is 5.26 Å². The summed E-state index contributed by atoms with van der Waals surface area (Å²) in [5.74, 6) is 0.451. The Morgan fingerprint density at radius 2 is 1.92 bits per heavy atom. The van der Waals surface area contributed by atoms with E-state index in [1.54, 1.807) is 36.2 Å². The van der Waals surface area contributed by atoms with Crippen LogP contribution in [-0.4, -0.2) is 57.0 Å². The van der Waals surface area contributed by atoms with Gasteiger partial charge in [-0.3, -0.25) is 14.6 Å². The van der Waals surface area contributed by atoms with Crippen LogP contribution < -0.4 is 10.2 Å². The number of aliphatic hydroxyl groups excluding tert-OH is 1. The molecule has 2 aliphatic rings. The lowest BCUT2D eigenvalue weighted by Crippen LogP contribution is -2.43. The van der Waals surface area contributed by atoms with E-state index in [1.165, 1.54) is 6.20 Å². The van der Waals surface area contributed by atoms with Crippen molar-refractivity contribution < 1.29 is 14.7 Å². The van der Waals surface area contributed by atoms with Gasteiger partial charge in [-0.1, -0.05) is 12.1 Å². The van der Waals surface area contributed by atoms with Crippen LogP contribution in [0.1, 0.15) is 54.3 Å². The van der Waals surface area contributed by atoms with Gasteiger partial charge in [0.15, 0.2) is 0 Å². The molecule has 37 heavy (non-hydrogen) atoms. The number of hydrogen-bond donors (Lipinski definition) is 2. The number of fused-ring (bicyclic) bond motifs is 1. The highest BCUT2D eigenvalue weighted by atomic mass is 16.3. The smallest absolute Gasteiger partial charge is 0.272 e. The van der Waals surface area contributed by atoms with Crippen LogP contribution in [0.25, 0.3) is 11.1 Å². The number of nitrogens with one attached hydrogen (secondary N) is 1. The van der Waals surface area contributed by atoms with E-state index in [0.29, 0.717) is 43.0 Å². The normalized spacial score (nSPS) is 20.8. The van der Waals surface area contributed by atoms with Gasteiger partial charge in [0, 0.05) is 49.7 Å². The maximum atomic E-state index is 12.7. The number of aromatic nitrogens is 2. The Morgan fingerprint density at radius 1 is 1.11 bits per heavy atom. The van der Waals surface area contributed by atoms with Gasteiger partial charge < -0.3 is 20.2 Å². The topological polar surface area (TPSA) is 122 Å². The fraction of sp³-hybridized carbons (Fsp3) is 0.321. The summed E-state index contributed by atoms with van der Waals surface area (Å²) in [6.45, 7) is 4.46. The average Bonchev–Trinajstić information content (AvgIpc) is 3.34. The lowest BCUT2D eigenvalue weighted by Gasteiger charge is -2.39. The van der Waals surface area contributed by atoms with Gasteiger partial charge in [-0.15, -0.1) is 0 Å². The molecular weight excluding hydrogens is 468 g/mol. The first-order chi connectivity index (χ1) is 17.8. The number of rotatable bonds is 4. The van der Waals surface area contributed by atoms with E-state index in [0.717, 1.165) is 22.4 Å². The SMILES string of the molecule is CC(=O)N1c2ccc(-c3ccc(C(=O)N4CCC(O)C4)nc3)cc2[C@H](Nc2ccc(C#N)cn2)C[C@@H]1C. The molecule has 1 saturated heterocycles. The number of carbonyl (C=O) groups is 2. The summed E-state index contributed by atoms with van der Waals surface area (Å²) in [4.78, 5) is 37.4. The summed E-state index contributed by atoms with van der Waals surface area (Å²) in [6.07, 6.45) is 4.01. The molecule has 188 valence electrons. The maximum absolute atomic E-state index is 12.7. The van der Waals surface area contributed by atoms with Gasteiger partial charge in [-0.25, -0.2) is 4.98 Å². The molecule has 2 aromatic heterocycles. The van der Waals surface area contributed by atoms with Crippen molar-refractivity contribution in [2.75, 3.05) is 23.3 Å². The monoisotopic (exact) mass is 496 g/mol. The maximum Gasteiger partial charge on any atom is 0.272 e. The molecule has 1 unspecified atom stereocenters. The number of pyridine rings is 2. The highest BCUT2D eigenvalue weighted by Gasteiger charge is 2.33. The third-order valence-electron chi connectivity index (χ3n) is 7.00. The third kappa shape index (κ3) is 4.88. The van der Waals surface area contributed by atoms with Gasteiger partial charge in [0.1, 0.15) is 17.6 Å². The average molecular weight is 497 g/mol. The zero-order valence-corrected chi connectivity index (χ0v) is 20.8. The van der Waals surface area contributed by atoms with Gasteiger partial charge in [0.05, 0.1) is 17.7 Å². The van der Waals surface area contributed by atoms with Crippen molar-refractivity contribution >= 4 is 23.3 Å². The van der Waals surface area contributed by atoms with E-state index < -0.39 is 6.10 Å². The minimum atomic E-state index is -0.475. The van der Waals surface area contributed by atoms with Crippen molar-refractivity contribution in [3.05, 3.63) is 71.7 Å². The molecule has 0 aliphatic carbocycles. The summed E-state index contributed by atoms with van der Waals surface area (Å²) in [6, 6.07) is 15.0. The molecule has 3 atom stereocenters. The van der Waals surface area contributed by atoms with E-state index in [1.807, 2.05) is 36.1 Å².